The minimum Gasteiger partial charge on any atom is -0.460 e. The van der Waals surface area contributed by atoms with Crippen molar-refractivity contribution in [1.29, 1.82) is 0 Å². The van der Waals surface area contributed by atoms with Crippen LogP contribution in [-0.4, -0.2) is 53.0 Å². The van der Waals surface area contributed by atoms with Gasteiger partial charge >= 0.3 is 5.97 Å². The first-order chi connectivity index (χ1) is 15.4. The van der Waals surface area contributed by atoms with Gasteiger partial charge in [-0.3, -0.25) is 14.6 Å². The molecule has 1 unspecified atom stereocenters. The Labute approximate surface area is 203 Å². The second-order valence-electron chi connectivity index (χ2n) is 11.0. The molecule has 0 bridgehead atoms. The Morgan fingerprint density at radius 2 is 1.71 bits per heavy atom. The zero-order valence-electron chi connectivity index (χ0n) is 22.4. The van der Waals surface area contributed by atoms with Crippen LogP contribution in [0.15, 0.2) is 11.8 Å². The first-order valence-corrected chi connectivity index (χ1v) is 11.6. The lowest BCUT2D eigenvalue weighted by atomic mass is 9.87. The van der Waals surface area contributed by atoms with E-state index in [1.165, 1.54) is 20.0 Å². The fourth-order valence-corrected chi connectivity index (χ4v) is 2.58. The van der Waals surface area contributed by atoms with Crippen molar-refractivity contribution in [3.63, 3.8) is 0 Å². The molecule has 0 aromatic carbocycles. The van der Waals surface area contributed by atoms with Crippen molar-refractivity contribution in [3.8, 4) is 0 Å². The second kappa shape index (κ2) is 12.0. The monoisotopic (exact) mass is 480 g/mol. The molecule has 1 rings (SSSR count). The Balaban J connectivity index is 2.71. The number of rotatable bonds is 11. The minimum absolute atomic E-state index is 0.0160. The minimum atomic E-state index is -1.89. The van der Waals surface area contributed by atoms with E-state index in [0.29, 0.717) is 5.69 Å². The lowest BCUT2D eigenvalue weighted by Gasteiger charge is -2.25. The molecule has 192 valence electrons. The molecule has 1 heterocycles. The summed E-state index contributed by atoms with van der Waals surface area (Å²) >= 11 is 0. The van der Waals surface area contributed by atoms with Crippen LogP contribution in [0.1, 0.15) is 90.6 Å². The van der Waals surface area contributed by atoms with Crippen molar-refractivity contribution in [2.75, 3.05) is 19.8 Å². The molecular weight excluding hydrogens is 439 g/mol. The molecule has 1 atom stereocenters. The van der Waals surface area contributed by atoms with Gasteiger partial charge in [0.2, 0.25) is 5.85 Å². The molecule has 0 amide bonds. The van der Waals surface area contributed by atoms with Gasteiger partial charge in [0.05, 0.1) is 37.4 Å². The Bertz CT molecular complexity index is 877. The van der Waals surface area contributed by atoms with Crippen molar-refractivity contribution in [2.24, 2.45) is 11.3 Å². The third kappa shape index (κ3) is 11.3. The van der Waals surface area contributed by atoms with Crippen LogP contribution < -0.4 is 0 Å². The van der Waals surface area contributed by atoms with E-state index >= 15 is 0 Å². The van der Waals surface area contributed by atoms with Gasteiger partial charge in [-0.2, -0.15) is 0 Å². The fourth-order valence-electron chi connectivity index (χ4n) is 2.58. The summed E-state index contributed by atoms with van der Waals surface area (Å²) in [7, 11) is 0. The summed E-state index contributed by atoms with van der Waals surface area (Å²) in [5, 5.41) is 0. The first kappa shape index (κ1) is 29.8. The largest absolute Gasteiger partial charge is 0.460 e. The number of aromatic nitrogens is 2. The molecule has 0 N–H and O–H groups in total. The van der Waals surface area contributed by atoms with Crippen LogP contribution in [0.5, 0.6) is 0 Å². The number of allylic oxidation sites excluding steroid dienone is 1. The predicted octanol–water partition coefficient (Wildman–Crippen LogP) is 5.50. The lowest BCUT2D eigenvalue weighted by molar-refractivity contribution is -0.174. The number of ketones is 1. The topological polar surface area (TPSA) is 87.6 Å². The van der Waals surface area contributed by atoms with Gasteiger partial charge in [-0.1, -0.05) is 26.3 Å². The molecule has 0 aliphatic rings. The predicted molar refractivity (Wildman–Crippen MR) is 130 cm³/mol. The Hall–Kier alpha value is -2.19. The van der Waals surface area contributed by atoms with Crippen LogP contribution in [0.3, 0.4) is 0 Å². The molecule has 0 spiro atoms. The van der Waals surface area contributed by atoms with Gasteiger partial charge in [0.25, 0.3) is 0 Å². The van der Waals surface area contributed by atoms with Crippen LogP contribution in [0.4, 0.5) is 4.39 Å². The maximum absolute atomic E-state index is 13.7. The number of halogens is 1. The van der Waals surface area contributed by atoms with E-state index in [-0.39, 0.29) is 43.1 Å². The van der Waals surface area contributed by atoms with Gasteiger partial charge in [0.15, 0.2) is 5.78 Å². The Morgan fingerprint density at radius 3 is 2.21 bits per heavy atom. The zero-order valence-corrected chi connectivity index (χ0v) is 22.4. The molecule has 1 aromatic rings. The van der Waals surface area contributed by atoms with Crippen molar-refractivity contribution in [1.82, 2.24) is 9.97 Å². The van der Waals surface area contributed by atoms with Gasteiger partial charge in [-0.15, -0.1) is 0 Å². The summed E-state index contributed by atoms with van der Waals surface area (Å²) in [4.78, 5) is 33.8. The van der Waals surface area contributed by atoms with Gasteiger partial charge in [0, 0.05) is 6.42 Å². The lowest BCUT2D eigenvalue weighted by Crippen LogP contribution is -2.35. The standard InChI is InChI=1S/C26H41FN2O5/c1-17(24(3,4)5)13-20-18(2)29-21(14-28-20)22(30)11-12-32-15-19(16-33-26(9,10)27)23(31)34-25(6,7)8/h13-14,19H,11-12,15-16H2,1-10H3/b17-13+. The maximum Gasteiger partial charge on any atom is 0.314 e. The number of Topliss-reactive ketones (excluding diaryl/α,β-unsaturated/α-hetero) is 1. The fraction of sp³-hybridized carbons (Fsp3) is 0.692. The summed E-state index contributed by atoms with van der Waals surface area (Å²) in [5.74, 6) is -3.46. The van der Waals surface area contributed by atoms with Crippen molar-refractivity contribution >= 4 is 17.8 Å². The van der Waals surface area contributed by atoms with Gasteiger partial charge in [-0.05, 0) is 60.0 Å². The molecule has 0 fully saturated rings. The number of carbonyl (C=O) groups is 2. The van der Waals surface area contributed by atoms with Gasteiger partial charge in [0.1, 0.15) is 17.2 Å². The highest BCUT2D eigenvalue weighted by Crippen LogP contribution is 2.26. The van der Waals surface area contributed by atoms with Gasteiger partial charge in [-0.25, -0.2) is 9.37 Å². The molecule has 0 saturated heterocycles. The Morgan fingerprint density at radius 1 is 1.09 bits per heavy atom. The number of hydrogen-bond donors (Lipinski definition) is 0. The van der Waals surface area contributed by atoms with Crippen molar-refractivity contribution in [3.05, 3.63) is 28.9 Å². The average Bonchev–Trinajstić information content (AvgIpc) is 2.65. The van der Waals surface area contributed by atoms with E-state index in [0.717, 1.165) is 11.3 Å². The second-order valence-corrected chi connectivity index (χ2v) is 11.0. The molecule has 34 heavy (non-hydrogen) atoms. The maximum atomic E-state index is 13.7. The molecule has 1 aromatic heterocycles. The molecule has 7 nitrogen and oxygen atoms in total. The molecular formula is C26H41FN2O5. The average molecular weight is 481 g/mol. The smallest absolute Gasteiger partial charge is 0.314 e. The number of nitrogens with zero attached hydrogens (tertiary/aromatic N) is 2. The first-order valence-electron chi connectivity index (χ1n) is 11.6. The summed E-state index contributed by atoms with van der Waals surface area (Å²) in [6.07, 6.45) is 3.52. The number of carbonyl (C=O) groups excluding carboxylic acids is 2. The van der Waals surface area contributed by atoms with E-state index in [1.807, 2.05) is 19.9 Å². The molecule has 8 heteroatoms. The van der Waals surface area contributed by atoms with E-state index in [9.17, 15) is 14.0 Å². The zero-order chi connectivity index (χ0) is 26.3. The van der Waals surface area contributed by atoms with E-state index in [2.05, 4.69) is 30.7 Å². The highest BCUT2D eigenvalue weighted by atomic mass is 19.2. The number of aryl methyl sites for hydroxylation is 1. The van der Waals surface area contributed by atoms with E-state index in [1.54, 1.807) is 20.8 Å². The van der Waals surface area contributed by atoms with E-state index < -0.39 is 23.3 Å². The molecule has 0 aliphatic heterocycles. The van der Waals surface area contributed by atoms with Crippen LogP contribution in [0.25, 0.3) is 6.08 Å². The third-order valence-corrected chi connectivity index (χ3v) is 4.97. The number of alkyl halides is 1. The molecule has 0 saturated carbocycles. The number of esters is 1. The van der Waals surface area contributed by atoms with Crippen molar-refractivity contribution < 1.29 is 28.2 Å². The summed E-state index contributed by atoms with van der Waals surface area (Å²) in [6, 6.07) is 0. The summed E-state index contributed by atoms with van der Waals surface area (Å²) in [6.45, 7) is 17.8. The number of ether oxygens (including phenoxy) is 3. The molecule has 0 radical (unpaired) electrons. The van der Waals surface area contributed by atoms with Crippen molar-refractivity contribution in [2.45, 2.75) is 87.1 Å². The third-order valence-electron chi connectivity index (χ3n) is 4.97. The van der Waals surface area contributed by atoms with Crippen LogP contribution >= 0.6 is 0 Å². The highest BCUT2D eigenvalue weighted by molar-refractivity contribution is 5.94. The van der Waals surface area contributed by atoms with E-state index in [4.69, 9.17) is 14.2 Å². The van der Waals surface area contributed by atoms with Crippen LogP contribution in [0.2, 0.25) is 0 Å². The van der Waals surface area contributed by atoms with Gasteiger partial charge < -0.3 is 14.2 Å². The van der Waals surface area contributed by atoms with Crippen LogP contribution in [0, 0.1) is 18.3 Å². The van der Waals surface area contributed by atoms with Crippen LogP contribution in [-0.2, 0) is 19.0 Å². The SMILES string of the molecule is C/C(=C\c1ncc(C(=O)CCOCC(COC(C)(C)F)C(=O)OC(C)(C)C)nc1C)C(C)(C)C. The Kier molecular flexibility index (Phi) is 10.5. The summed E-state index contributed by atoms with van der Waals surface area (Å²) < 4.78 is 29.8. The highest BCUT2D eigenvalue weighted by Gasteiger charge is 2.28. The summed E-state index contributed by atoms with van der Waals surface area (Å²) in [5.41, 5.74) is 2.15. The quantitative estimate of drug-likeness (QED) is 0.235. The number of hydrogen-bond acceptors (Lipinski definition) is 7. The normalized spacial score (nSPS) is 14.1. The molecule has 0 aliphatic carbocycles.